The summed E-state index contributed by atoms with van der Waals surface area (Å²) in [7, 11) is -3.30. The molecule has 148 valence electrons. The topological polar surface area (TPSA) is 93.1 Å². The number of anilines is 1. The molecule has 0 aliphatic carbocycles. The summed E-state index contributed by atoms with van der Waals surface area (Å²) in [4.78, 5) is 15.5. The number of carbonyl (C=O) groups excluding carboxylic acids is 1. The average molecular weight is 445 g/mol. The monoisotopic (exact) mass is 444 g/mol. The molecule has 0 bridgehead atoms. The number of hydrogen-bond acceptors (Lipinski definition) is 4. The first-order chi connectivity index (χ1) is 12.3. The summed E-state index contributed by atoms with van der Waals surface area (Å²) in [6, 6.07) is 0.445. The Hall–Kier alpha value is -1.82. The fourth-order valence-corrected chi connectivity index (χ4v) is 4.15. The number of aromatic nitrogens is 2. The lowest BCUT2D eigenvalue weighted by atomic mass is 10.3. The standard InChI is InChI=1S/C14H13Cl2F3N4O3S/c1-7(14(17,18)19)22-27(25,26)9-6-23(2)12(11(9)16)13(24)21-8-3-4-20-10(15)5-8/h3-7,22H,1-2H3,(H,20,21,24)/t7-/m1/s1. The van der Waals surface area contributed by atoms with Gasteiger partial charge in [-0.25, -0.2) is 13.4 Å². The molecule has 1 atom stereocenters. The Kier molecular flexibility index (Phi) is 6.10. The first-order valence-electron chi connectivity index (χ1n) is 7.19. The molecule has 27 heavy (non-hydrogen) atoms. The van der Waals surface area contributed by atoms with Crippen LogP contribution in [0, 0.1) is 0 Å². The molecule has 0 aromatic carbocycles. The number of nitrogens with zero attached hydrogens (tertiary/aromatic N) is 2. The van der Waals surface area contributed by atoms with Gasteiger partial charge in [0, 0.05) is 25.1 Å². The van der Waals surface area contributed by atoms with Crippen LogP contribution in [0.2, 0.25) is 10.2 Å². The van der Waals surface area contributed by atoms with E-state index >= 15 is 0 Å². The van der Waals surface area contributed by atoms with E-state index in [9.17, 15) is 26.4 Å². The average Bonchev–Trinajstić information content (AvgIpc) is 2.81. The number of aryl methyl sites for hydroxylation is 1. The van der Waals surface area contributed by atoms with Crippen molar-refractivity contribution in [2.75, 3.05) is 5.32 Å². The van der Waals surface area contributed by atoms with Crippen LogP contribution in [-0.2, 0) is 17.1 Å². The summed E-state index contributed by atoms with van der Waals surface area (Å²) in [5.41, 5.74) is 0.00938. The van der Waals surface area contributed by atoms with Crippen LogP contribution in [0.1, 0.15) is 17.4 Å². The van der Waals surface area contributed by atoms with Gasteiger partial charge in [0.2, 0.25) is 10.0 Å². The number of rotatable bonds is 5. The van der Waals surface area contributed by atoms with Gasteiger partial charge in [0.25, 0.3) is 5.91 Å². The normalized spacial score (nSPS) is 13.4. The number of halogens is 5. The summed E-state index contributed by atoms with van der Waals surface area (Å²) in [5, 5.41) is 2.04. The SMILES string of the molecule is C[C@@H](NS(=O)(=O)c1cn(C)c(C(=O)Nc2ccnc(Cl)c2)c1Cl)C(F)(F)F. The predicted molar refractivity (Wildman–Crippen MR) is 93.5 cm³/mol. The molecule has 13 heteroatoms. The van der Waals surface area contributed by atoms with Gasteiger partial charge < -0.3 is 9.88 Å². The smallest absolute Gasteiger partial charge is 0.344 e. The Labute approximate surface area is 162 Å². The lowest BCUT2D eigenvalue weighted by molar-refractivity contribution is -0.147. The zero-order chi connectivity index (χ0) is 20.6. The maximum absolute atomic E-state index is 12.6. The van der Waals surface area contributed by atoms with Gasteiger partial charge in [-0.3, -0.25) is 4.79 Å². The van der Waals surface area contributed by atoms with E-state index in [1.807, 2.05) is 0 Å². The maximum Gasteiger partial charge on any atom is 0.404 e. The second-order valence-corrected chi connectivity index (χ2v) is 7.92. The lowest BCUT2D eigenvalue weighted by Gasteiger charge is -2.16. The van der Waals surface area contributed by atoms with Crippen LogP contribution in [-0.4, -0.2) is 36.1 Å². The van der Waals surface area contributed by atoms with Crippen molar-refractivity contribution in [3.05, 3.63) is 40.4 Å². The van der Waals surface area contributed by atoms with Crippen molar-refractivity contribution in [1.82, 2.24) is 14.3 Å². The molecule has 0 unspecified atom stereocenters. The molecule has 1 amide bonds. The van der Waals surface area contributed by atoms with Crippen LogP contribution < -0.4 is 10.0 Å². The van der Waals surface area contributed by atoms with Crippen LogP contribution in [0.5, 0.6) is 0 Å². The number of alkyl halides is 3. The van der Waals surface area contributed by atoms with Crippen LogP contribution >= 0.6 is 23.2 Å². The molecule has 0 saturated carbocycles. The van der Waals surface area contributed by atoms with Crippen LogP contribution in [0.15, 0.2) is 29.4 Å². The molecule has 2 aromatic heterocycles. The van der Waals surface area contributed by atoms with E-state index < -0.39 is 38.1 Å². The van der Waals surface area contributed by atoms with Crippen molar-refractivity contribution in [2.45, 2.75) is 24.0 Å². The Morgan fingerprint density at radius 1 is 1.33 bits per heavy atom. The van der Waals surface area contributed by atoms with Gasteiger partial charge in [-0.05, 0) is 19.1 Å². The number of hydrogen-bond donors (Lipinski definition) is 2. The third kappa shape index (κ3) is 4.92. The number of pyridine rings is 1. The highest BCUT2D eigenvalue weighted by Crippen LogP contribution is 2.29. The van der Waals surface area contributed by atoms with E-state index in [-0.39, 0.29) is 16.5 Å². The van der Waals surface area contributed by atoms with Crippen molar-refractivity contribution >= 4 is 44.8 Å². The van der Waals surface area contributed by atoms with Gasteiger partial charge in [0.1, 0.15) is 21.8 Å². The first kappa shape index (κ1) is 21.5. The highest BCUT2D eigenvalue weighted by Gasteiger charge is 2.40. The highest BCUT2D eigenvalue weighted by molar-refractivity contribution is 7.89. The number of amides is 1. The lowest BCUT2D eigenvalue weighted by Crippen LogP contribution is -2.42. The van der Waals surface area contributed by atoms with E-state index in [4.69, 9.17) is 23.2 Å². The molecule has 7 nitrogen and oxygen atoms in total. The van der Waals surface area contributed by atoms with Gasteiger partial charge in [-0.2, -0.15) is 17.9 Å². The third-order valence-corrected chi connectivity index (χ3v) is 5.65. The molecule has 0 aliphatic heterocycles. The zero-order valence-electron chi connectivity index (χ0n) is 13.8. The first-order valence-corrected chi connectivity index (χ1v) is 9.43. The molecule has 0 spiro atoms. The molecule has 2 rings (SSSR count). The second-order valence-electron chi connectivity index (χ2n) is 5.47. The Bertz CT molecular complexity index is 976. The number of nitrogens with one attached hydrogen (secondary N) is 2. The minimum Gasteiger partial charge on any atom is -0.344 e. The predicted octanol–water partition coefficient (Wildman–Crippen LogP) is 3.21. The van der Waals surface area contributed by atoms with E-state index in [0.717, 1.165) is 10.8 Å². The summed E-state index contributed by atoms with van der Waals surface area (Å²) in [5.74, 6) is -0.782. The van der Waals surface area contributed by atoms with Gasteiger partial charge in [-0.1, -0.05) is 23.2 Å². The largest absolute Gasteiger partial charge is 0.404 e. The molecule has 2 N–H and O–H groups in total. The molecule has 0 aliphatic rings. The van der Waals surface area contributed by atoms with Gasteiger partial charge >= 0.3 is 6.18 Å². The Balaban J connectivity index is 2.34. The summed E-state index contributed by atoms with van der Waals surface area (Å²) in [6.07, 6.45) is -2.50. The molecule has 0 fully saturated rings. The quantitative estimate of drug-likeness (QED) is 0.692. The van der Waals surface area contributed by atoms with Crippen molar-refractivity contribution in [3.8, 4) is 0 Å². The summed E-state index contributed by atoms with van der Waals surface area (Å²) < 4.78 is 65.0. The van der Waals surface area contributed by atoms with Gasteiger partial charge in [-0.15, -0.1) is 0 Å². The van der Waals surface area contributed by atoms with Gasteiger partial charge in [0.05, 0.1) is 5.02 Å². The Morgan fingerprint density at radius 2 is 1.96 bits per heavy atom. The summed E-state index contributed by atoms with van der Waals surface area (Å²) in [6.45, 7) is 0.648. The van der Waals surface area contributed by atoms with Crippen molar-refractivity contribution in [3.63, 3.8) is 0 Å². The highest BCUT2D eigenvalue weighted by atomic mass is 35.5. The fraction of sp³-hybridized carbons (Fsp3) is 0.286. The van der Waals surface area contributed by atoms with Crippen LogP contribution in [0.25, 0.3) is 0 Å². The molecule has 2 aromatic rings. The Morgan fingerprint density at radius 3 is 2.52 bits per heavy atom. The summed E-state index contributed by atoms with van der Waals surface area (Å²) >= 11 is 11.7. The van der Waals surface area contributed by atoms with Crippen LogP contribution in [0.4, 0.5) is 18.9 Å². The molecule has 0 radical (unpaired) electrons. The molecule has 0 saturated heterocycles. The molecular formula is C14H13Cl2F3N4O3S. The third-order valence-electron chi connectivity index (χ3n) is 3.40. The number of sulfonamides is 1. The van der Waals surface area contributed by atoms with E-state index in [0.29, 0.717) is 6.92 Å². The van der Waals surface area contributed by atoms with Gasteiger partial charge in [0.15, 0.2) is 0 Å². The van der Waals surface area contributed by atoms with Crippen LogP contribution in [0.3, 0.4) is 0 Å². The zero-order valence-corrected chi connectivity index (χ0v) is 16.1. The van der Waals surface area contributed by atoms with E-state index in [2.05, 4.69) is 10.3 Å². The number of carbonyl (C=O) groups is 1. The minimum atomic E-state index is -4.78. The van der Waals surface area contributed by atoms with E-state index in [1.165, 1.54) is 30.1 Å². The maximum atomic E-state index is 12.6. The minimum absolute atomic E-state index is 0.111. The van der Waals surface area contributed by atoms with Crippen molar-refractivity contribution < 1.29 is 26.4 Å². The molecule has 2 heterocycles. The van der Waals surface area contributed by atoms with Crippen molar-refractivity contribution in [2.24, 2.45) is 7.05 Å². The fourth-order valence-electron chi connectivity index (χ4n) is 2.05. The molecular weight excluding hydrogens is 432 g/mol. The van der Waals surface area contributed by atoms with Crippen molar-refractivity contribution in [1.29, 1.82) is 0 Å². The van der Waals surface area contributed by atoms with E-state index in [1.54, 1.807) is 0 Å². The second kappa shape index (κ2) is 7.66.